The van der Waals surface area contributed by atoms with Gasteiger partial charge >= 0.3 is 0 Å². The van der Waals surface area contributed by atoms with Crippen LogP contribution in [0.25, 0.3) is 0 Å². The van der Waals surface area contributed by atoms with E-state index in [4.69, 9.17) is 11.5 Å². The highest BCUT2D eigenvalue weighted by atomic mass is 15.0. The zero-order valence-electron chi connectivity index (χ0n) is 10.1. The van der Waals surface area contributed by atoms with Crippen molar-refractivity contribution >= 4 is 11.8 Å². The summed E-state index contributed by atoms with van der Waals surface area (Å²) in [6, 6.07) is 8.53. The van der Waals surface area contributed by atoms with E-state index in [0.29, 0.717) is 11.7 Å². The molecule has 18 heavy (non-hydrogen) atoms. The molecule has 0 radical (unpaired) electrons. The zero-order chi connectivity index (χ0) is 12.5. The summed E-state index contributed by atoms with van der Waals surface area (Å²) in [6.45, 7) is 0. The van der Waals surface area contributed by atoms with Crippen LogP contribution >= 0.6 is 0 Å². The first-order chi connectivity index (χ1) is 8.75. The molecular weight excluding hydrogens is 224 g/mol. The zero-order valence-corrected chi connectivity index (χ0v) is 10.1. The first kappa shape index (κ1) is 11.0. The summed E-state index contributed by atoms with van der Waals surface area (Å²) in [5, 5.41) is 0. The van der Waals surface area contributed by atoms with Crippen molar-refractivity contribution in [2.75, 3.05) is 11.5 Å². The lowest BCUT2D eigenvalue weighted by atomic mass is 9.79. The molecule has 1 aliphatic carbocycles. The number of hydrogen-bond donors (Lipinski definition) is 2. The van der Waals surface area contributed by atoms with Crippen molar-refractivity contribution in [3.8, 4) is 0 Å². The Morgan fingerprint density at radius 2 is 1.94 bits per heavy atom. The van der Waals surface area contributed by atoms with Crippen LogP contribution < -0.4 is 11.5 Å². The van der Waals surface area contributed by atoms with Gasteiger partial charge in [-0.15, -0.1) is 0 Å². The fourth-order valence-corrected chi connectivity index (χ4v) is 2.76. The highest BCUT2D eigenvalue weighted by Crippen LogP contribution is 2.37. The van der Waals surface area contributed by atoms with Gasteiger partial charge in [0.05, 0.1) is 0 Å². The monoisotopic (exact) mass is 240 g/mol. The van der Waals surface area contributed by atoms with E-state index < -0.39 is 0 Å². The number of nitrogens with zero attached hydrogens (tertiary/aromatic N) is 2. The van der Waals surface area contributed by atoms with Crippen LogP contribution in [0.4, 0.5) is 11.8 Å². The van der Waals surface area contributed by atoms with E-state index in [9.17, 15) is 0 Å². The largest absolute Gasteiger partial charge is 0.383 e. The Bertz CT molecular complexity index is 580. The van der Waals surface area contributed by atoms with E-state index in [0.717, 1.165) is 18.4 Å². The van der Waals surface area contributed by atoms with Crippen LogP contribution in [0.1, 0.15) is 35.4 Å². The molecule has 3 rings (SSSR count). The molecule has 1 heterocycles. The second kappa shape index (κ2) is 4.29. The van der Waals surface area contributed by atoms with Gasteiger partial charge in [0.25, 0.3) is 0 Å². The van der Waals surface area contributed by atoms with Crippen LogP contribution in [0, 0.1) is 0 Å². The average molecular weight is 240 g/mol. The number of rotatable bonds is 1. The number of anilines is 2. The Kier molecular flexibility index (Phi) is 2.63. The van der Waals surface area contributed by atoms with Crippen LogP contribution in [-0.2, 0) is 6.42 Å². The molecule has 4 nitrogen and oxygen atoms in total. The molecule has 4 heteroatoms. The molecule has 0 saturated heterocycles. The van der Waals surface area contributed by atoms with E-state index in [1.54, 1.807) is 6.20 Å². The summed E-state index contributed by atoms with van der Waals surface area (Å²) < 4.78 is 0. The molecule has 1 atom stereocenters. The highest BCUT2D eigenvalue weighted by molar-refractivity contribution is 5.49. The molecule has 0 unspecified atom stereocenters. The van der Waals surface area contributed by atoms with Crippen LogP contribution in [0.2, 0.25) is 0 Å². The summed E-state index contributed by atoms with van der Waals surface area (Å²) in [6.07, 6.45) is 5.17. The number of nitrogen functional groups attached to an aromatic ring is 2. The van der Waals surface area contributed by atoms with Gasteiger partial charge in [-0.2, -0.15) is 4.98 Å². The highest BCUT2D eigenvalue weighted by Gasteiger charge is 2.23. The fraction of sp³-hybridized carbons (Fsp3) is 0.286. The molecule has 4 N–H and O–H groups in total. The van der Waals surface area contributed by atoms with Crippen molar-refractivity contribution in [3.05, 3.63) is 47.2 Å². The third-order valence-electron chi connectivity index (χ3n) is 3.61. The number of aromatic nitrogens is 2. The molecule has 0 fully saturated rings. The van der Waals surface area contributed by atoms with Gasteiger partial charge in [0.2, 0.25) is 5.95 Å². The first-order valence-corrected chi connectivity index (χ1v) is 6.21. The molecule has 0 bridgehead atoms. The molecular formula is C14H16N4. The van der Waals surface area contributed by atoms with E-state index in [1.165, 1.54) is 17.5 Å². The molecule has 0 saturated carbocycles. The minimum atomic E-state index is 0.236. The number of nitrogens with two attached hydrogens (primary N) is 2. The van der Waals surface area contributed by atoms with E-state index in [1.807, 2.05) is 0 Å². The topological polar surface area (TPSA) is 77.8 Å². The van der Waals surface area contributed by atoms with Crippen LogP contribution in [0.5, 0.6) is 0 Å². The van der Waals surface area contributed by atoms with Crippen molar-refractivity contribution in [1.29, 1.82) is 0 Å². The molecule has 0 spiro atoms. The standard InChI is InChI=1S/C14H16N4/c15-13-12(8-17-14(16)18-13)11-7-3-5-9-4-1-2-6-10(9)11/h1-2,4,6,8,11H,3,5,7H2,(H4,15,16,17,18)/t11-/m1/s1. The Hall–Kier alpha value is -2.10. The maximum atomic E-state index is 5.98. The Morgan fingerprint density at radius 1 is 1.11 bits per heavy atom. The van der Waals surface area contributed by atoms with Gasteiger partial charge in [-0.1, -0.05) is 24.3 Å². The third kappa shape index (κ3) is 1.79. The van der Waals surface area contributed by atoms with Crippen molar-refractivity contribution < 1.29 is 0 Å². The van der Waals surface area contributed by atoms with Gasteiger partial charge in [0.1, 0.15) is 5.82 Å². The van der Waals surface area contributed by atoms with Crippen LogP contribution in [0.3, 0.4) is 0 Å². The van der Waals surface area contributed by atoms with E-state index in [-0.39, 0.29) is 5.95 Å². The predicted molar refractivity (Wildman–Crippen MR) is 72.1 cm³/mol. The average Bonchev–Trinajstić information content (AvgIpc) is 2.38. The maximum absolute atomic E-state index is 5.98. The second-order valence-corrected chi connectivity index (χ2v) is 4.71. The number of fused-ring (bicyclic) bond motifs is 1. The first-order valence-electron chi connectivity index (χ1n) is 6.21. The molecule has 1 aromatic carbocycles. The summed E-state index contributed by atoms with van der Waals surface area (Å²) in [5.41, 5.74) is 15.3. The molecule has 92 valence electrons. The van der Waals surface area contributed by atoms with Gasteiger partial charge < -0.3 is 11.5 Å². The number of aryl methyl sites for hydroxylation is 1. The maximum Gasteiger partial charge on any atom is 0.221 e. The summed E-state index contributed by atoms with van der Waals surface area (Å²) in [5.74, 6) is 1.04. The smallest absolute Gasteiger partial charge is 0.221 e. The minimum absolute atomic E-state index is 0.236. The molecule has 0 aliphatic heterocycles. The van der Waals surface area contributed by atoms with E-state index in [2.05, 4.69) is 34.2 Å². The molecule has 1 aliphatic rings. The summed E-state index contributed by atoms with van der Waals surface area (Å²) >= 11 is 0. The van der Waals surface area contributed by atoms with Gasteiger partial charge in [0.15, 0.2) is 0 Å². The van der Waals surface area contributed by atoms with Crippen molar-refractivity contribution in [3.63, 3.8) is 0 Å². The molecule has 0 amide bonds. The fourth-order valence-electron chi connectivity index (χ4n) is 2.76. The Labute approximate surface area is 106 Å². The number of hydrogen-bond acceptors (Lipinski definition) is 4. The van der Waals surface area contributed by atoms with Crippen LogP contribution in [0.15, 0.2) is 30.5 Å². The van der Waals surface area contributed by atoms with E-state index >= 15 is 0 Å². The van der Waals surface area contributed by atoms with Crippen molar-refractivity contribution in [1.82, 2.24) is 9.97 Å². The Balaban J connectivity index is 2.08. The van der Waals surface area contributed by atoms with Gasteiger partial charge in [-0.3, -0.25) is 0 Å². The van der Waals surface area contributed by atoms with Crippen LogP contribution in [-0.4, -0.2) is 9.97 Å². The van der Waals surface area contributed by atoms with Gasteiger partial charge in [-0.05, 0) is 30.4 Å². The summed E-state index contributed by atoms with van der Waals surface area (Å²) in [7, 11) is 0. The van der Waals surface area contributed by atoms with Crippen molar-refractivity contribution in [2.45, 2.75) is 25.2 Å². The lowest BCUT2D eigenvalue weighted by molar-refractivity contribution is 0.614. The van der Waals surface area contributed by atoms with Crippen molar-refractivity contribution in [2.24, 2.45) is 0 Å². The van der Waals surface area contributed by atoms with Gasteiger partial charge in [-0.25, -0.2) is 4.98 Å². The predicted octanol–water partition coefficient (Wildman–Crippen LogP) is 2.11. The van der Waals surface area contributed by atoms with Gasteiger partial charge in [0, 0.05) is 17.7 Å². The molecule has 1 aromatic heterocycles. The normalized spacial score (nSPS) is 18.3. The minimum Gasteiger partial charge on any atom is -0.383 e. The Morgan fingerprint density at radius 3 is 2.78 bits per heavy atom. The SMILES string of the molecule is Nc1ncc([C@@H]2CCCc3ccccc32)c(N)n1. The summed E-state index contributed by atoms with van der Waals surface area (Å²) in [4.78, 5) is 8.14. The third-order valence-corrected chi connectivity index (χ3v) is 3.61. The quantitative estimate of drug-likeness (QED) is 0.800. The lowest BCUT2D eigenvalue weighted by Crippen LogP contribution is -2.14. The number of benzene rings is 1. The molecule has 2 aromatic rings. The lowest BCUT2D eigenvalue weighted by Gasteiger charge is -2.26. The second-order valence-electron chi connectivity index (χ2n) is 4.71.